The molecule has 0 aliphatic carbocycles. The van der Waals surface area contributed by atoms with Gasteiger partial charge < -0.3 is 0 Å². The van der Waals surface area contributed by atoms with Crippen molar-refractivity contribution in [1.29, 1.82) is 0 Å². The van der Waals surface area contributed by atoms with E-state index < -0.39 is 0 Å². The zero-order chi connectivity index (χ0) is 11.8. The van der Waals surface area contributed by atoms with Crippen molar-refractivity contribution in [2.45, 2.75) is 25.5 Å². The molecular weight excluding hydrogens is 304 g/mol. The molecule has 1 rings (SSSR count). The molecule has 0 bridgehead atoms. The molecule has 0 fully saturated rings. The molecule has 0 saturated carbocycles. The number of rotatable bonds is 7. The SMILES string of the molecule is CC(CCBr)CCSCc1ccccc1Cl. The van der Waals surface area contributed by atoms with Crippen molar-refractivity contribution in [1.82, 2.24) is 0 Å². The van der Waals surface area contributed by atoms with Crippen molar-refractivity contribution in [2.24, 2.45) is 5.92 Å². The van der Waals surface area contributed by atoms with Crippen LogP contribution in [-0.4, -0.2) is 11.1 Å². The summed E-state index contributed by atoms with van der Waals surface area (Å²) in [5, 5.41) is 2.01. The molecule has 0 amide bonds. The number of hydrogen-bond donors (Lipinski definition) is 0. The maximum atomic E-state index is 6.10. The minimum absolute atomic E-state index is 0.818. The lowest BCUT2D eigenvalue weighted by Crippen LogP contribution is -1.97. The zero-order valence-corrected chi connectivity index (χ0v) is 12.7. The fourth-order valence-electron chi connectivity index (χ4n) is 1.41. The third-order valence-corrected chi connectivity index (χ3v) is 4.44. The van der Waals surface area contributed by atoms with Crippen molar-refractivity contribution in [2.75, 3.05) is 11.1 Å². The summed E-state index contributed by atoms with van der Waals surface area (Å²) in [6.07, 6.45) is 2.56. The van der Waals surface area contributed by atoms with Crippen LogP contribution in [0.1, 0.15) is 25.3 Å². The monoisotopic (exact) mass is 320 g/mol. The van der Waals surface area contributed by atoms with Crippen LogP contribution in [0.5, 0.6) is 0 Å². The van der Waals surface area contributed by atoms with E-state index in [9.17, 15) is 0 Å². The minimum Gasteiger partial charge on any atom is -0.157 e. The fraction of sp³-hybridized carbons (Fsp3) is 0.538. The summed E-state index contributed by atoms with van der Waals surface area (Å²) in [4.78, 5) is 0. The van der Waals surface area contributed by atoms with E-state index in [2.05, 4.69) is 35.0 Å². The number of benzene rings is 1. The lowest BCUT2D eigenvalue weighted by molar-refractivity contribution is 0.555. The van der Waals surface area contributed by atoms with Gasteiger partial charge in [0.25, 0.3) is 0 Å². The fourth-order valence-corrected chi connectivity index (χ4v) is 3.66. The first kappa shape index (κ1) is 14.4. The molecule has 1 aromatic rings. The van der Waals surface area contributed by atoms with Gasteiger partial charge in [0.1, 0.15) is 0 Å². The Morgan fingerprint density at radius 2 is 2.06 bits per heavy atom. The minimum atomic E-state index is 0.818. The van der Waals surface area contributed by atoms with Crippen LogP contribution in [0.25, 0.3) is 0 Å². The van der Waals surface area contributed by atoms with Gasteiger partial charge in [-0.05, 0) is 36.1 Å². The van der Waals surface area contributed by atoms with E-state index >= 15 is 0 Å². The highest BCUT2D eigenvalue weighted by molar-refractivity contribution is 9.09. The van der Waals surface area contributed by atoms with Crippen LogP contribution in [0.2, 0.25) is 5.02 Å². The van der Waals surface area contributed by atoms with Crippen LogP contribution in [0, 0.1) is 5.92 Å². The number of alkyl halides is 1. The molecule has 0 heterocycles. The van der Waals surface area contributed by atoms with Crippen LogP contribution in [0.3, 0.4) is 0 Å². The largest absolute Gasteiger partial charge is 0.157 e. The molecule has 0 radical (unpaired) electrons. The molecule has 1 unspecified atom stereocenters. The molecule has 0 aliphatic rings. The van der Waals surface area contributed by atoms with E-state index in [1.807, 2.05) is 23.9 Å². The summed E-state index contributed by atoms with van der Waals surface area (Å²) in [6, 6.07) is 8.10. The molecule has 90 valence electrons. The van der Waals surface area contributed by atoms with Gasteiger partial charge in [-0.15, -0.1) is 0 Å². The normalized spacial score (nSPS) is 12.7. The van der Waals surface area contributed by atoms with E-state index in [1.165, 1.54) is 24.2 Å². The Morgan fingerprint density at radius 1 is 1.31 bits per heavy atom. The van der Waals surface area contributed by atoms with E-state index in [1.54, 1.807) is 0 Å². The molecular formula is C13H18BrClS. The van der Waals surface area contributed by atoms with Crippen molar-refractivity contribution >= 4 is 39.3 Å². The molecule has 0 aromatic heterocycles. The van der Waals surface area contributed by atoms with E-state index in [-0.39, 0.29) is 0 Å². The molecule has 1 aromatic carbocycles. The number of hydrogen-bond acceptors (Lipinski definition) is 1. The summed E-state index contributed by atoms with van der Waals surface area (Å²) in [5.41, 5.74) is 1.25. The Labute approximate surface area is 116 Å². The van der Waals surface area contributed by atoms with Crippen molar-refractivity contribution in [3.05, 3.63) is 34.9 Å². The summed E-state index contributed by atoms with van der Waals surface area (Å²) in [6.45, 7) is 2.32. The molecule has 0 aliphatic heterocycles. The van der Waals surface area contributed by atoms with E-state index in [4.69, 9.17) is 11.6 Å². The molecule has 0 N–H and O–H groups in total. The van der Waals surface area contributed by atoms with Crippen LogP contribution in [-0.2, 0) is 5.75 Å². The first-order chi connectivity index (χ1) is 7.74. The average Bonchev–Trinajstić information content (AvgIpc) is 2.27. The van der Waals surface area contributed by atoms with Crippen LogP contribution < -0.4 is 0 Å². The smallest absolute Gasteiger partial charge is 0.0446 e. The highest BCUT2D eigenvalue weighted by Crippen LogP contribution is 2.22. The Hall–Kier alpha value is 0.340. The van der Waals surface area contributed by atoms with Crippen molar-refractivity contribution in [3.8, 4) is 0 Å². The first-order valence-corrected chi connectivity index (χ1v) is 8.26. The van der Waals surface area contributed by atoms with Crippen LogP contribution in [0.15, 0.2) is 24.3 Å². The predicted molar refractivity (Wildman–Crippen MR) is 79.8 cm³/mol. The van der Waals surface area contributed by atoms with Gasteiger partial charge in [-0.25, -0.2) is 0 Å². The van der Waals surface area contributed by atoms with Gasteiger partial charge in [0.2, 0.25) is 0 Å². The Bertz CT molecular complexity index is 304. The standard InChI is InChI=1S/C13H18BrClS/c1-11(6-8-14)7-9-16-10-12-4-2-3-5-13(12)15/h2-5,11H,6-10H2,1H3. The van der Waals surface area contributed by atoms with Crippen molar-refractivity contribution in [3.63, 3.8) is 0 Å². The third-order valence-electron chi connectivity index (χ3n) is 2.57. The molecule has 0 saturated heterocycles. The van der Waals surface area contributed by atoms with Gasteiger partial charge in [0.05, 0.1) is 0 Å². The lowest BCUT2D eigenvalue weighted by Gasteiger charge is -2.09. The van der Waals surface area contributed by atoms with Gasteiger partial charge in [-0.2, -0.15) is 11.8 Å². The Kier molecular flexibility index (Phi) is 7.59. The second-order valence-corrected chi connectivity index (χ2v) is 6.32. The molecule has 3 heteroatoms. The van der Waals surface area contributed by atoms with Gasteiger partial charge in [0, 0.05) is 16.1 Å². The molecule has 16 heavy (non-hydrogen) atoms. The Morgan fingerprint density at radius 3 is 2.75 bits per heavy atom. The second kappa shape index (κ2) is 8.43. The number of halogens is 2. The van der Waals surface area contributed by atoms with Crippen LogP contribution in [0.4, 0.5) is 0 Å². The van der Waals surface area contributed by atoms with Gasteiger partial charge in [-0.3, -0.25) is 0 Å². The lowest BCUT2D eigenvalue weighted by atomic mass is 10.1. The van der Waals surface area contributed by atoms with Crippen molar-refractivity contribution < 1.29 is 0 Å². The average molecular weight is 322 g/mol. The summed E-state index contributed by atoms with van der Waals surface area (Å²) in [7, 11) is 0. The summed E-state index contributed by atoms with van der Waals surface area (Å²) >= 11 is 11.6. The van der Waals surface area contributed by atoms with Gasteiger partial charge in [0.15, 0.2) is 0 Å². The van der Waals surface area contributed by atoms with Crippen LogP contribution >= 0.6 is 39.3 Å². The number of thioether (sulfide) groups is 1. The highest BCUT2D eigenvalue weighted by atomic mass is 79.9. The predicted octanol–water partition coefficient (Wildman–Crippen LogP) is 5.38. The summed E-state index contributed by atoms with van der Waals surface area (Å²) < 4.78 is 0. The third kappa shape index (κ3) is 5.60. The molecule has 1 atom stereocenters. The topological polar surface area (TPSA) is 0 Å². The maximum Gasteiger partial charge on any atom is 0.0446 e. The quantitative estimate of drug-likeness (QED) is 0.479. The summed E-state index contributed by atoms with van der Waals surface area (Å²) in [5.74, 6) is 3.07. The Balaban J connectivity index is 2.19. The zero-order valence-electron chi connectivity index (χ0n) is 9.59. The first-order valence-electron chi connectivity index (χ1n) is 5.61. The molecule has 0 nitrogen and oxygen atoms in total. The molecule has 0 spiro atoms. The highest BCUT2D eigenvalue weighted by Gasteiger charge is 2.02. The van der Waals surface area contributed by atoms with E-state index in [0.29, 0.717) is 0 Å². The maximum absolute atomic E-state index is 6.10. The van der Waals surface area contributed by atoms with Gasteiger partial charge >= 0.3 is 0 Å². The second-order valence-electron chi connectivity index (χ2n) is 4.02. The van der Waals surface area contributed by atoms with E-state index in [0.717, 1.165) is 22.0 Å². The van der Waals surface area contributed by atoms with Gasteiger partial charge in [-0.1, -0.05) is 52.7 Å².